The molecule has 3 rings (SSSR count). The second-order valence-corrected chi connectivity index (χ2v) is 6.24. The summed E-state index contributed by atoms with van der Waals surface area (Å²) in [5.74, 6) is 0.805. The summed E-state index contributed by atoms with van der Waals surface area (Å²) in [5.41, 5.74) is 2.60. The van der Waals surface area contributed by atoms with Crippen molar-refractivity contribution in [1.82, 2.24) is 4.90 Å². The molecule has 0 unspecified atom stereocenters. The van der Waals surface area contributed by atoms with Crippen LogP contribution < -0.4 is 10.2 Å². The molecular weight excluding hydrogens is 262 g/mol. The molecule has 4 nitrogen and oxygen atoms in total. The lowest BCUT2D eigenvalue weighted by Crippen LogP contribution is -2.37. The van der Waals surface area contributed by atoms with Crippen LogP contribution in [0, 0.1) is 5.92 Å². The molecule has 0 amide bonds. The molecule has 0 saturated carbocycles. The van der Waals surface area contributed by atoms with Gasteiger partial charge in [0.1, 0.15) is 0 Å². The van der Waals surface area contributed by atoms with E-state index in [1.54, 1.807) is 0 Å². The summed E-state index contributed by atoms with van der Waals surface area (Å²) in [6.45, 7) is 7.22. The van der Waals surface area contributed by atoms with Gasteiger partial charge < -0.3 is 19.9 Å². The zero-order valence-corrected chi connectivity index (χ0v) is 13.1. The molecule has 1 aromatic carbocycles. The molecule has 0 bridgehead atoms. The molecule has 0 atom stereocenters. The molecule has 116 valence electrons. The fourth-order valence-corrected chi connectivity index (χ4v) is 3.22. The highest BCUT2D eigenvalue weighted by molar-refractivity contribution is 5.70. The van der Waals surface area contributed by atoms with E-state index in [9.17, 15) is 0 Å². The van der Waals surface area contributed by atoms with Gasteiger partial charge >= 0.3 is 0 Å². The van der Waals surface area contributed by atoms with Crippen molar-refractivity contribution in [1.29, 1.82) is 0 Å². The van der Waals surface area contributed by atoms with Crippen molar-refractivity contribution in [2.45, 2.75) is 12.8 Å². The first-order valence-corrected chi connectivity index (χ1v) is 8.17. The number of benzene rings is 1. The second kappa shape index (κ2) is 7.14. The first-order chi connectivity index (χ1) is 10.3. The van der Waals surface area contributed by atoms with Crippen molar-refractivity contribution in [2.75, 3.05) is 63.2 Å². The molecule has 4 heteroatoms. The Kier molecular flexibility index (Phi) is 4.99. The lowest BCUT2D eigenvalue weighted by atomic mass is 9.97. The maximum Gasteiger partial charge on any atom is 0.0642 e. The van der Waals surface area contributed by atoms with Crippen molar-refractivity contribution < 1.29 is 4.74 Å². The number of nitrogens with zero attached hydrogens (tertiary/aromatic N) is 2. The van der Waals surface area contributed by atoms with Crippen LogP contribution in [0.5, 0.6) is 0 Å². The molecule has 0 radical (unpaired) electrons. The van der Waals surface area contributed by atoms with Gasteiger partial charge in [-0.3, -0.25) is 0 Å². The second-order valence-electron chi connectivity index (χ2n) is 6.24. The summed E-state index contributed by atoms with van der Waals surface area (Å²) in [6.07, 6.45) is 2.62. The Morgan fingerprint density at radius 1 is 1.10 bits per heavy atom. The van der Waals surface area contributed by atoms with Crippen LogP contribution in [0.2, 0.25) is 0 Å². The van der Waals surface area contributed by atoms with Gasteiger partial charge in [-0.15, -0.1) is 0 Å². The first-order valence-electron chi connectivity index (χ1n) is 8.17. The van der Waals surface area contributed by atoms with Gasteiger partial charge in [0, 0.05) is 19.6 Å². The number of nitrogens with one attached hydrogen (secondary N) is 1. The number of rotatable bonds is 4. The van der Waals surface area contributed by atoms with E-state index in [1.165, 1.54) is 37.3 Å². The van der Waals surface area contributed by atoms with E-state index in [2.05, 4.69) is 46.4 Å². The Balaban J connectivity index is 1.59. The zero-order chi connectivity index (χ0) is 14.5. The number of hydrogen-bond acceptors (Lipinski definition) is 4. The van der Waals surface area contributed by atoms with Gasteiger partial charge in [0.2, 0.25) is 0 Å². The maximum absolute atomic E-state index is 5.46. The average Bonchev–Trinajstić information content (AvgIpc) is 2.55. The van der Waals surface area contributed by atoms with Gasteiger partial charge in [0.15, 0.2) is 0 Å². The van der Waals surface area contributed by atoms with Gasteiger partial charge in [-0.2, -0.15) is 0 Å². The van der Waals surface area contributed by atoms with E-state index in [0.29, 0.717) is 0 Å². The summed E-state index contributed by atoms with van der Waals surface area (Å²) in [7, 11) is 2.22. The van der Waals surface area contributed by atoms with Crippen LogP contribution in [0.3, 0.4) is 0 Å². The van der Waals surface area contributed by atoms with Gasteiger partial charge in [0.25, 0.3) is 0 Å². The number of piperidine rings is 1. The molecule has 21 heavy (non-hydrogen) atoms. The molecule has 2 aliphatic rings. The molecule has 0 spiro atoms. The van der Waals surface area contributed by atoms with E-state index in [0.717, 1.165) is 38.8 Å². The summed E-state index contributed by atoms with van der Waals surface area (Å²) in [5, 5.41) is 3.69. The zero-order valence-electron chi connectivity index (χ0n) is 13.1. The van der Waals surface area contributed by atoms with E-state index in [1.807, 2.05) is 0 Å². The van der Waals surface area contributed by atoms with Crippen LogP contribution >= 0.6 is 0 Å². The summed E-state index contributed by atoms with van der Waals surface area (Å²) < 4.78 is 5.46. The minimum Gasteiger partial charge on any atom is -0.383 e. The Labute approximate surface area is 128 Å². The van der Waals surface area contributed by atoms with Crippen molar-refractivity contribution in [2.24, 2.45) is 5.92 Å². The third-order valence-corrected chi connectivity index (χ3v) is 4.68. The van der Waals surface area contributed by atoms with Crippen LogP contribution in [0.25, 0.3) is 0 Å². The summed E-state index contributed by atoms with van der Waals surface area (Å²) in [6, 6.07) is 8.69. The smallest absolute Gasteiger partial charge is 0.0642 e. The fourth-order valence-electron chi connectivity index (χ4n) is 3.22. The third kappa shape index (κ3) is 3.89. The van der Waals surface area contributed by atoms with Crippen molar-refractivity contribution in [3.05, 3.63) is 24.3 Å². The van der Waals surface area contributed by atoms with Crippen molar-refractivity contribution in [3.8, 4) is 0 Å². The molecule has 2 heterocycles. The number of morpholine rings is 1. The van der Waals surface area contributed by atoms with Gasteiger partial charge in [-0.05, 0) is 51.0 Å². The predicted octanol–water partition coefficient (Wildman–Crippen LogP) is 2.28. The van der Waals surface area contributed by atoms with E-state index >= 15 is 0 Å². The fraction of sp³-hybridized carbons (Fsp3) is 0.647. The number of para-hydroxylation sites is 2. The third-order valence-electron chi connectivity index (χ3n) is 4.68. The van der Waals surface area contributed by atoms with Crippen molar-refractivity contribution in [3.63, 3.8) is 0 Å². The molecular formula is C17H27N3O. The number of anilines is 2. The number of ether oxygens (including phenoxy) is 1. The Morgan fingerprint density at radius 2 is 1.81 bits per heavy atom. The van der Waals surface area contributed by atoms with Crippen LogP contribution in [-0.2, 0) is 4.74 Å². The molecule has 2 aliphatic heterocycles. The SMILES string of the molecule is CN1CCC(CNc2ccccc2N2CCOCC2)CC1. The highest BCUT2D eigenvalue weighted by atomic mass is 16.5. The molecule has 2 fully saturated rings. The van der Waals surface area contributed by atoms with E-state index in [4.69, 9.17) is 4.74 Å². The Morgan fingerprint density at radius 3 is 2.57 bits per heavy atom. The molecule has 0 aliphatic carbocycles. The summed E-state index contributed by atoms with van der Waals surface area (Å²) >= 11 is 0. The quantitative estimate of drug-likeness (QED) is 0.920. The molecule has 1 aromatic rings. The Hall–Kier alpha value is -1.26. The van der Waals surface area contributed by atoms with Gasteiger partial charge in [-0.25, -0.2) is 0 Å². The van der Waals surface area contributed by atoms with Crippen LogP contribution in [-0.4, -0.2) is 57.9 Å². The first kappa shape index (κ1) is 14.7. The topological polar surface area (TPSA) is 27.7 Å². The van der Waals surface area contributed by atoms with Gasteiger partial charge in [-0.1, -0.05) is 12.1 Å². The minimum atomic E-state index is 0.805. The highest BCUT2D eigenvalue weighted by Gasteiger charge is 2.18. The number of hydrogen-bond donors (Lipinski definition) is 1. The lowest BCUT2D eigenvalue weighted by molar-refractivity contribution is 0.123. The van der Waals surface area contributed by atoms with Crippen molar-refractivity contribution >= 4 is 11.4 Å². The Bertz CT molecular complexity index is 437. The molecule has 2 saturated heterocycles. The molecule has 0 aromatic heterocycles. The normalized spacial score (nSPS) is 21.5. The number of likely N-dealkylation sites (tertiary alicyclic amines) is 1. The molecule has 1 N–H and O–H groups in total. The van der Waals surface area contributed by atoms with Crippen LogP contribution in [0.15, 0.2) is 24.3 Å². The van der Waals surface area contributed by atoms with E-state index < -0.39 is 0 Å². The average molecular weight is 289 g/mol. The highest BCUT2D eigenvalue weighted by Crippen LogP contribution is 2.27. The predicted molar refractivity (Wildman–Crippen MR) is 88.2 cm³/mol. The van der Waals surface area contributed by atoms with E-state index in [-0.39, 0.29) is 0 Å². The standard InChI is InChI=1S/C17H27N3O/c1-19-8-6-15(7-9-19)14-18-16-4-2-3-5-17(16)20-10-12-21-13-11-20/h2-5,15,18H,6-14H2,1H3. The summed E-state index contributed by atoms with van der Waals surface area (Å²) in [4.78, 5) is 4.86. The lowest BCUT2D eigenvalue weighted by Gasteiger charge is -2.32. The van der Waals surface area contributed by atoms with Crippen LogP contribution in [0.1, 0.15) is 12.8 Å². The maximum atomic E-state index is 5.46. The monoisotopic (exact) mass is 289 g/mol. The van der Waals surface area contributed by atoms with Gasteiger partial charge in [0.05, 0.1) is 24.6 Å². The largest absolute Gasteiger partial charge is 0.383 e. The minimum absolute atomic E-state index is 0.805. The van der Waals surface area contributed by atoms with Crippen LogP contribution in [0.4, 0.5) is 11.4 Å².